The van der Waals surface area contributed by atoms with Crippen molar-refractivity contribution in [3.8, 4) is 0 Å². The minimum atomic E-state index is -0.969. The van der Waals surface area contributed by atoms with Crippen LogP contribution in [0.1, 0.15) is 21.6 Å². The Morgan fingerprint density at radius 3 is 2.57 bits per heavy atom. The van der Waals surface area contributed by atoms with Gasteiger partial charge in [0.1, 0.15) is 0 Å². The van der Waals surface area contributed by atoms with Crippen LogP contribution in [0.3, 0.4) is 0 Å². The molecule has 1 aromatic carbocycles. The number of carboxylic acids is 1. The summed E-state index contributed by atoms with van der Waals surface area (Å²) in [6, 6.07) is 12.9. The number of rotatable bonds is 5. The summed E-state index contributed by atoms with van der Waals surface area (Å²) in [7, 11) is 0. The molecule has 21 heavy (non-hydrogen) atoms. The molecule has 0 unspecified atom stereocenters. The normalized spacial score (nSPS) is 9.90. The fraction of sp³-hybridized carbons (Fsp3) is 0.133. The minimum absolute atomic E-state index is 0.213. The largest absolute Gasteiger partial charge is 0.478 e. The van der Waals surface area contributed by atoms with Crippen molar-refractivity contribution < 1.29 is 9.90 Å². The zero-order valence-electron chi connectivity index (χ0n) is 11.2. The molecular formula is C15H15N3O2S. The Labute approximate surface area is 128 Å². The molecule has 3 N–H and O–H groups in total. The maximum Gasteiger partial charge on any atom is 0.335 e. The van der Waals surface area contributed by atoms with Gasteiger partial charge in [-0.1, -0.05) is 30.3 Å². The molecule has 0 radical (unpaired) electrons. The summed E-state index contributed by atoms with van der Waals surface area (Å²) in [5, 5.41) is 15.5. The van der Waals surface area contributed by atoms with Crippen LogP contribution < -0.4 is 10.6 Å². The van der Waals surface area contributed by atoms with Crippen molar-refractivity contribution in [1.82, 2.24) is 15.6 Å². The van der Waals surface area contributed by atoms with Gasteiger partial charge >= 0.3 is 5.97 Å². The molecule has 0 aliphatic rings. The third kappa shape index (κ3) is 4.85. The van der Waals surface area contributed by atoms with Crippen LogP contribution in [-0.4, -0.2) is 21.2 Å². The van der Waals surface area contributed by atoms with Gasteiger partial charge in [0.25, 0.3) is 0 Å². The third-order valence-corrected chi connectivity index (χ3v) is 3.08. The minimum Gasteiger partial charge on any atom is -0.478 e. The third-order valence-electron chi connectivity index (χ3n) is 2.79. The quantitative estimate of drug-likeness (QED) is 0.733. The molecule has 108 valence electrons. The highest BCUT2D eigenvalue weighted by molar-refractivity contribution is 7.80. The number of hydrogen-bond donors (Lipinski definition) is 3. The van der Waals surface area contributed by atoms with Crippen LogP contribution in [0.15, 0.2) is 48.7 Å². The number of nitrogens with one attached hydrogen (secondary N) is 2. The van der Waals surface area contributed by atoms with E-state index in [0.717, 1.165) is 5.56 Å². The van der Waals surface area contributed by atoms with E-state index in [9.17, 15) is 4.79 Å². The van der Waals surface area contributed by atoms with Gasteiger partial charge in [-0.2, -0.15) is 0 Å². The average Bonchev–Trinajstić information content (AvgIpc) is 2.52. The van der Waals surface area contributed by atoms with E-state index >= 15 is 0 Å². The van der Waals surface area contributed by atoms with E-state index in [1.54, 1.807) is 0 Å². The maximum absolute atomic E-state index is 10.9. The number of aromatic nitrogens is 1. The number of benzene rings is 1. The van der Waals surface area contributed by atoms with Crippen LogP contribution in [0.25, 0.3) is 0 Å². The molecule has 0 fully saturated rings. The fourth-order valence-electron chi connectivity index (χ4n) is 1.72. The summed E-state index contributed by atoms with van der Waals surface area (Å²) in [6.45, 7) is 1.01. The fourth-order valence-corrected chi connectivity index (χ4v) is 1.86. The van der Waals surface area contributed by atoms with Crippen molar-refractivity contribution in [2.45, 2.75) is 13.1 Å². The van der Waals surface area contributed by atoms with Gasteiger partial charge in [-0.3, -0.25) is 4.98 Å². The molecular weight excluding hydrogens is 286 g/mol. The Bertz CT molecular complexity index is 632. The summed E-state index contributed by atoms with van der Waals surface area (Å²) in [5.41, 5.74) is 1.97. The number of carboxylic acid groups (broad SMARTS) is 1. The van der Waals surface area contributed by atoms with E-state index in [1.165, 1.54) is 18.3 Å². The molecule has 5 nitrogen and oxygen atoms in total. The number of hydrogen-bond acceptors (Lipinski definition) is 3. The van der Waals surface area contributed by atoms with Crippen LogP contribution in [-0.2, 0) is 13.1 Å². The monoisotopic (exact) mass is 301 g/mol. The molecule has 1 aromatic heterocycles. The molecule has 0 spiro atoms. The highest BCUT2D eigenvalue weighted by Gasteiger charge is 2.04. The molecule has 0 atom stereocenters. The average molecular weight is 301 g/mol. The Morgan fingerprint density at radius 2 is 1.86 bits per heavy atom. The zero-order chi connectivity index (χ0) is 15.1. The van der Waals surface area contributed by atoms with Crippen molar-refractivity contribution in [3.05, 3.63) is 65.5 Å². The summed E-state index contributed by atoms with van der Waals surface area (Å²) in [6.07, 6.45) is 1.47. The molecule has 0 bridgehead atoms. The molecule has 0 aliphatic heterocycles. The highest BCUT2D eigenvalue weighted by atomic mass is 32.1. The first kappa shape index (κ1) is 14.9. The summed E-state index contributed by atoms with van der Waals surface area (Å²) in [5.74, 6) is -0.969. The summed E-state index contributed by atoms with van der Waals surface area (Å²) >= 11 is 5.17. The van der Waals surface area contributed by atoms with Crippen LogP contribution in [0.4, 0.5) is 0 Å². The lowest BCUT2D eigenvalue weighted by Gasteiger charge is -2.10. The first-order chi connectivity index (χ1) is 10.1. The van der Waals surface area contributed by atoms with Crippen molar-refractivity contribution in [1.29, 1.82) is 0 Å². The smallest absolute Gasteiger partial charge is 0.335 e. The van der Waals surface area contributed by atoms with E-state index in [-0.39, 0.29) is 5.56 Å². The lowest BCUT2D eigenvalue weighted by Crippen LogP contribution is -2.34. The lowest BCUT2D eigenvalue weighted by atomic mass is 10.2. The van der Waals surface area contributed by atoms with Gasteiger partial charge in [0.15, 0.2) is 5.11 Å². The molecule has 0 aliphatic carbocycles. The van der Waals surface area contributed by atoms with Gasteiger partial charge in [0.2, 0.25) is 0 Å². The summed E-state index contributed by atoms with van der Waals surface area (Å²) < 4.78 is 0. The standard InChI is InChI=1S/C15H15N3O2S/c19-14(20)12-6-7-16-13(8-12)10-18-15(21)17-9-11-4-2-1-3-5-11/h1-8H,9-10H2,(H,19,20)(H2,17,18,21). The van der Waals surface area contributed by atoms with Gasteiger partial charge in [-0.15, -0.1) is 0 Å². The maximum atomic E-state index is 10.9. The number of nitrogens with zero attached hydrogens (tertiary/aromatic N) is 1. The van der Waals surface area contributed by atoms with E-state index in [1.807, 2.05) is 30.3 Å². The van der Waals surface area contributed by atoms with Gasteiger partial charge in [-0.05, 0) is 29.9 Å². The Balaban J connectivity index is 1.81. The van der Waals surface area contributed by atoms with Crippen LogP contribution in [0, 0.1) is 0 Å². The highest BCUT2D eigenvalue weighted by Crippen LogP contribution is 2.02. The van der Waals surface area contributed by atoms with Crippen molar-refractivity contribution in [2.24, 2.45) is 0 Å². The van der Waals surface area contributed by atoms with Crippen LogP contribution in [0.5, 0.6) is 0 Å². The van der Waals surface area contributed by atoms with Crippen molar-refractivity contribution in [2.75, 3.05) is 0 Å². The number of carbonyl (C=O) groups is 1. The van der Waals surface area contributed by atoms with Crippen LogP contribution >= 0.6 is 12.2 Å². The van der Waals surface area contributed by atoms with E-state index in [0.29, 0.717) is 23.9 Å². The molecule has 6 heteroatoms. The molecule has 1 heterocycles. The first-order valence-corrected chi connectivity index (χ1v) is 6.80. The van der Waals surface area contributed by atoms with Gasteiger partial charge < -0.3 is 15.7 Å². The molecule has 2 aromatic rings. The Morgan fingerprint density at radius 1 is 1.14 bits per heavy atom. The second-order valence-corrected chi connectivity index (χ2v) is 4.77. The van der Waals surface area contributed by atoms with E-state index < -0.39 is 5.97 Å². The predicted octanol–water partition coefficient (Wildman–Crippen LogP) is 1.94. The SMILES string of the molecule is O=C(O)c1ccnc(CNC(=S)NCc2ccccc2)c1. The molecule has 0 saturated carbocycles. The number of aromatic carboxylic acids is 1. The second-order valence-electron chi connectivity index (χ2n) is 4.36. The predicted molar refractivity (Wildman–Crippen MR) is 83.9 cm³/mol. The first-order valence-electron chi connectivity index (χ1n) is 6.39. The molecule has 2 rings (SSSR count). The van der Waals surface area contributed by atoms with E-state index in [2.05, 4.69) is 15.6 Å². The topological polar surface area (TPSA) is 74.2 Å². The van der Waals surface area contributed by atoms with E-state index in [4.69, 9.17) is 17.3 Å². The number of pyridine rings is 1. The Kier molecular flexibility index (Phi) is 5.22. The van der Waals surface area contributed by atoms with Gasteiger partial charge in [-0.25, -0.2) is 4.79 Å². The summed E-state index contributed by atoms with van der Waals surface area (Å²) in [4.78, 5) is 15.0. The van der Waals surface area contributed by atoms with Gasteiger partial charge in [0, 0.05) is 12.7 Å². The van der Waals surface area contributed by atoms with Crippen LogP contribution in [0.2, 0.25) is 0 Å². The van der Waals surface area contributed by atoms with Crippen molar-refractivity contribution >= 4 is 23.3 Å². The molecule has 0 amide bonds. The second kappa shape index (κ2) is 7.35. The number of thiocarbonyl (C=S) groups is 1. The van der Waals surface area contributed by atoms with Gasteiger partial charge in [0.05, 0.1) is 17.8 Å². The Hall–Kier alpha value is -2.47. The zero-order valence-corrected chi connectivity index (χ0v) is 12.1. The lowest BCUT2D eigenvalue weighted by molar-refractivity contribution is 0.0696. The van der Waals surface area contributed by atoms with Crippen molar-refractivity contribution in [3.63, 3.8) is 0 Å². The molecule has 0 saturated heterocycles.